The Labute approximate surface area is 179 Å². The molecule has 0 spiro atoms. The zero-order valence-corrected chi connectivity index (χ0v) is 17.8. The van der Waals surface area contributed by atoms with Crippen molar-refractivity contribution in [1.29, 1.82) is 5.26 Å². The zero-order valence-electron chi connectivity index (χ0n) is 17.8. The van der Waals surface area contributed by atoms with Gasteiger partial charge in [-0.1, -0.05) is 6.42 Å². The molecule has 0 radical (unpaired) electrons. The summed E-state index contributed by atoms with van der Waals surface area (Å²) in [6, 6.07) is 8.54. The van der Waals surface area contributed by atoms with Gasteiger partial charge in [0.25, 0.3) is 0 Å². The second-order valence-electron chi connectivity index (χ2n) is 9.94. The van der Waals surface area contributed by atoms with Gasteiger partial charge < -0.3 is 15.0 Å². The van der Waals surface area contributed by atoms with Crippen LogP contribution in [0.4, 0.5) is 0 Å². The van der Waals surface area contributed by atoms with E-state index in [0.29, 0.717) is 29.7 Å². The minimum Gasteiger partial charge on any atom is -0.493 e. The van der Waals surface area contributed by atoms with Gasteiger partial charge >= 0.3 is 0 Å². The van der Waals surface area contributed by atoms with Crippen molar-refractivity contribution in [1.82, 2.24) is 10.2 Å². The van der Waals surface area contributed by atoms with Crippen molar-refractivity contribution in [2.24, 2.45) is 17.8 Å². The van der Waals surface area contributed by atoms with Crippen LogP contribution in [0.5, 0.6) is 5.75 Å². The summed E-state index contributed by atoms with van der Waals surface area (Å²) in [5, 5.41) is 12.6. The van der Waals surface area contributed by atoms with Gasteiger partial charge in [-0.05, 0) is 75.6 Å². The van der Waals surface area contributed by atoms with Crippen LogP contribution in [0.15, 0.2) is 18.2 Å². The lowest BCUT2D eigenvalue weighted by Crippen LogP contribution is -2.42. The van der Waals surface area contributed by atoms with Gasteiger partial charge in [0.2, 0.25) is 5.91 Å². The van der Waals surface area contributed by atoms with Crippen molar-refractivity contribution < 1.29 is 9.53 Å². The van der Waals surface area contributed by atoms with Crippen LogP contribution in [0.1, 0.15) is 68.4 Å². The monoisotopic (exact) mass is 407 g/mol. The number of nitriles is 1. The van der Waals surface area contributed by atoms with Crippen LogP contribution in [0.25, 0.3) is 0 Å². The summed E-state index contributed by atoms with van der Waals surface area (Å²) in [7, 11) is 0. The maximum atomic E-state index is 12.2. The average molecular weight is 408 g/mol. The second-order valence-corrected chi connectivity index (χ2v) is 9.94. The van der Waals surface area contributed by atoms with E-state index in [-0.39, 0.29) is 0 Å². The van der Waals surface area contributed by atoms with E-state index in [1.807, 2.05) is 18.2 Å². The number of benzene rings is 1. The Kier molecular flexibility index (Phi) is 5.69. The minimum atomic E-state index is 0.305. The van der Waals surface area contributed by atoms with Crippen molar-refractivity contribution >= 4 is 5.91 Å². The summed E-state index contributed by atoms with van der Waals surface area (Å²) < 4.78 is 5.98. The molecule has 4 aliphatic rings. The first-order valence-corrected chi connectivity index (χ1v) is 11.9. The van der Waals surface area contributed by atoms with Crippen molar-refractivity contribution in [3.63, 3.8) is 0 Å². The van der Waals surface area contributed by atoms with Gasteiger partial charge in [0.05, 0.1) is 18.2 Å². The number of nitrogens with zero attached hydrogens (tertiary/aromatic N) is 2. The molecule has 0 bridgehead atoms. The first kappa shape index (κ1) is 19.9. The zero-order chi connectivity index (χ0) is 20.5. The van der Waals surface area contributed by atoms with E-state index < -0.39 is 0 Å². The van der Waals surface area contributed by atoms with Crippen LogP contribution in [0.2, 0.25) is 0 Å². The number of carbonyl (C=O) groups is 1. The highest BCUT2D eigenvalue weighted by Crippen LogP contribution is 2.42. The molecule has 1 N–H and O–H groups in total. The molecule has 1 amide bonds. The van der Waals surface area contributed by atoms with Crippen LogP contribution in [0.3, 0.4) is 0 Å². The number of amides is 1. The Morgan fingerprint density at radius 1 is 1.17 bits per heavy atom. The van der Waals surface area contributed by atoms with Crippen LogP contribution < -0.4 is 10.1 Å². The van der Waals surface area contributed by atoms with Gasteiger partial charge in [0, 0.05) is 42.4 Å². The third-order valence-electron chi connectivity index (χ3n) is 8.03. The summed E-state index contributed by atoms with van der Waals surface area (Å²) >= 11 is 0. The van der Waals surface area contributed by atoms with E-state index in [4.69, 9.17) is 4.74 Å². The fourth-order valence-corrected chi connectivity index (χ4v) is 5.85. The Morgan fingerprint density at radius 3 is 2.73 bits per heavy atom. The molecule has 30 heavy (non-hydrogen) atoms. The molecule has 5 heteroatoms. The SMILES string of the molecule is N#Cc1ccc2c(c1)[C@@H]1CN(CC[C@H]3CC[C@H](NC(=O)C4CCC4)CC3)C[C@H]1CO2. The lowest BCUT2D eigenvalue weighted by Gasteiger charge is -2.32. The smallest absolute Gasteiger partial charge is 0.223 e. The number of nitrogens with one attached hydrogen (secondary N) is 1. The summed E-state index contributed by atoms with van der Waals surface area (Å²) in [5.41, 5.74) is 1.97. The number of hydrogen-bond donors (Lipinski definition) is 1. The third kappa shape index (κ3) is 4.07. The fourth-order valence-electron chi connectivity index (χ4n) is 5.85. The summed E-state index contributed by atoms with van der Waals surface area (Å²) in [4.78, 5) is 14.8. The van der Waals surface area contributed by atoms with Crippen LogP contribution in [-0.4, -0.2) is 43.1 Å². The van der Waals surface area contributed by atoms with E-state index in [1.54, 1.807) is 0 Å². The van der Waals surface area contributed by atoms with Crippen molar-refractivity contribution in [3.05, 3.63) is 29.3 Å². The molecule has 0 unspecified atom stereocenters. The lowest BCUT2D eigenvalue weighted by molar-refractivity contribution is -0.128. The topological polar surface area (TPSA) is 65.4 Å². The van der Waals surface area contributed by atoms with Crippen LogP contribution in [-0.2, 0) is 4.79 Å². The Balaban J connectivity index is 1.08. The molecule has 1 saturated heterocycles. The highest BCUT2D eigenvalue weighted by atomic mass is 16.5. The van der Waals surface area contributed by atoms with Crippen LogP contribution in [0, 0.1) is 29.1 Å². The molecule has 5 rings (SSSR count). The number of rotatable bonds is 5. The van der Waals surface area contributed by atoms with Gasteiger partial charge in [0.1, 0.15) is 5.75 Å². The molecule has 2 aliphatic heterocycles. The highest BCUT2D eigenvalue weighted by Gasteiger charge is 2.39. The van der Waals surface area contributed by atoms with Gasteiger partial charge in [-0.25, -0.2) is 0 Å². The molecule has 5 nitrogen and oxygen atoms in total. The standard InChI is InChI=1S/C25H33N3O2/c26-13-18-6-9-24-22(12-18)23-15-28(14-20(23)16-30-24)11-10-17-4-7-21(8-5-17)27-25(29)19-2-1-3-19/h6,9,12,17,19-21,23H,1-5,7-8,10-11,14-16H2,(H,27,29)/t17-,20-,21-,23+/m0/s1. The molecule has 2 saturated carbocycles. The molecular formula is C25H33N3O2. The Bertz CT molecular complexity index is 820. The highest BCUT2D eigenvalue weighted by molar-refractivity contribution is 5.79. The maximum absolute atomic E-state index is 12.2. The molecule has 160 valence electrons. The number of likely N-dealkylation sites (tertiary alicyclic amines) is 1. The molecular weight excluding hydrogens is 374 g/mol. The molecule has 2 heterocycles. The Hall–Kier alpha value is -2.06. The van der Waals surface area contributed by atoms with Crippen molar-refractivity contribution in [2.45, 2.75) is 63.3 Å². The molecule has 2 atom stereocenters. The van der Waals surface area contributed by atoms with Crippen LogP contribution >= 0.6 is 0 Å². The average Bonchev–Trinajstić information content (AvgIpc) is 3.15. The quantitative estimate of drug-likeness (QED) is 0.806. The summed E-state index contributed by atoms with van der Waals surface area (Å²) in [6.45, 7) is 4.15. The molecule has 1 aromatic rings. The Morgan fingerprint density at radius 2 is 2.00 bits per heavy atom. The predicted molar refractivity (Wildman–Crippen MR) is 115 cm³/mol. The number of ether oxygens (including phenoxy) is 1. The number of hydrogen-bond acceptors (Lipinski definition) is 4. The first-order valence-electron chi connectivity index (χ1n) is 11.9. The molecule has 1 aromatic carbocycles. The number of fused-ring (bicyclic) bond motifs is 3. The van der Waals surface area contributed by atoms with E-state index >= 15 is 0 Å². The van der Waals surface area contributed by atoms with Gasteiger partial charge in [-0.15, -0.1) is 0 Å². The van der Waals surface area contributed by atoms with Crippen molar-refractivity contribution in [3.8, 4) is 11.8 Å². The van der Waals surface area contributed by atoms with E-state index in [2.05, 4.69) is 16.3 Å². The molecule has 2 aliphatic carbocycles. The molecule has 3 fully saturated rings. The first-order chi connectivity index (χ1) is 14.7. The maximum Gasteiger partial charge on any atom is 0.223 e. The van der Waals surface area contributed by atoms with Gasteiger partial charge in [-0.2, -0.15) is 5.26 Å². The van der Waals surface area contributed by atoms with E-state index in [9.17, 15) is 10.1 Å². The predicted octanol–water partition coefficient (Wildman–Crippen LogP) is 3.83. The summed E-state index contributed by atoms with van der Waals surface area (Å²) in [6.07, 6.45) is 9.44. The number of carbonyl (C=O) groups excluding carboxylic acids is 1. The van der Waals surface area contributed by atoms with E-state index in [0.717, 1.165) is 69.2 Å². The van der Waals surface area contributed by atoms with Gasteiger partial charge in [-0.3, -0.25) is 4.79 Å². The normalized spacial score (nSPS) is 31.0. The van der Waals surface area contributed by atoms with E-state index in [1.165, 1.54) is 31.2 Å². The third-order valence-corrected chi connectivity index (χ3v) is 8.03. The van der Waals surface area contributed by atoms with Crippen molar-refractivity contribution in [2.75, 3.05) is 26.2 Å². The minimum absolute atomic E-state index is 0.305. The largest absolute Gasteiger partial charge is 0.493 e. The molecule has 0 aromatic heterocycles. The lowest BCUT2D eigenvalue weighted by atomic mass is 9.82. The summed E-state index contributed by atoms with van der Waals surface area (Å²) in [5.74, 6) is 3.42. The second kappa shape index (κ2) is 8.59. The fraction of sp³-hybridized carbons (Fsp3) is 0.680. The van der Waals surface area contributed by atoms with Gasteiger partial charge in [0.15, 0.2) is 0 Å².